The van der Waals surface area contributed by atoms with Crippen molar-refractivity contribution in [2.45, 2.75) is 19.3 Å². The van der Waals surface area contributed by atoms with E-state index in [-0.39, 0.29) is 5.41 Å². The molecule has 0 saturated heterocycles. The second kappa shape index (κ2) is 12.2. The number of nitrogens with zero attached hydrogens (tertiary/aromatic N) is 1. The Labute approximate surface area is 336 Å². The highest BCUT2D eigenvalue weighted by molar-refractivity contribution is 6.26. The summed E-state index contributed by atoms with van der Waals surface area (Å²) in [6.45, 7) is 4.76. The van der Waals surface area contributed by atoms with Gasteiger partial charge in [0.25, 0.3) is 0 Å². The van der Waals surface area contributed by atoms with Gasteiger partial charge in [-0.05, 0) is 99.3 Å². The summed E-state index contributed by atoms with van der Waals surface area (Å²) >= 11 is 0. The van der Waals surface area contributed by atoms with Crippen molar-refractivity contribution in [1.29, 1.82) is 0 Å². The predicted molar refractivity (Wildman–Crippen MR) is 239 cm³/mol. The van der Waals surface area contributed by atoms with Crippen LogP contribution in [-0.2, 0) is 5.41 Å². The van der Waals surface area contributed by atoms with Gasteiger partial charge in [0.05, 0.1) is 11.4 Å². The summed E-state index contributed by atoms with van der Waals surface area (Å²) in [5.41, 5.74) is 15.8. The molecule has 0 radical (unpaired) electrons. The molecule has 2 aromatic heterocycles. The van der Waals surface area contributed by atoms with Gasteiger partial charge in [-0.3, -0.25) is 0 Å². The van der Waals surface area contributed by atoms with E-state index < -0.39 is 0 Å². The van der Waals surface area contributed by atoms with E-state index in [1.54, 1.807) is 0 Å². The molecule has 0 N–H and O–H groups in total. The van der Waals surface area contributed by atoms with Crippen molar-refractivity contribution >= 4 is 71.7 Å². The van der Waals surface area contributed by atoms with Crippen molar-refractivity contribution in [2.24, 2.45) is 0 Å². The molecule has 272 valence electrons. The molecule has 1 aliphatic carbocycles. The third-order valence-corrected chi connectivity index (χ3v) is 12.3. The number of hydrogen-bond acceptors (Lipinski definition) is 3. The molecule has 3 heteroatoms. The maximum atomic E-state index is 7.08. The summed E-state index contributed by atoms with van der Waals surface area (Å²) in [7, 11) is 0. The van der Waals surface area contributed by atoms with Crippen LogP contribution in [-0.4, -0.2) is 0 Å². The molecular formula is C55H35NO2. The number of para-hydroxylation sites is 4. The highest BCUT2D eigenvalue weighted by atomic mass is 16.3. The normalized spacial score (nSPS) is 13.0. The molecule has 0 amide bonds. The summed E-state index contributed by atoms with van der Waals surface area (Å²) < 4.78 is 13.6. The van der Waals surface area contributed by atoms with Crippen molar-refractivity contribution in [2.75, 3.05) is 4.90 Å². The third kappa shape index (κ3) is 4.58. The van der Waals surface area contributed by atoms with E-state index in [1.165, 1.54) is 33.0 Å². The minimum atomic E-state index is -0.381. The van der Waals surface area contributed by atoms with Crippen LogP contribution in [0.25, 0.3) is 88.0 Å². The van der Waals surface area contributed by atoms with Gasteiger partial charge in [-0.1, -0.05) is 141 Å². The molecule has 0 unspecified atom stereocenters. The topological polar surface area (TPSA) is 29.5 Å². The maximum absolute atomic E-state index is 7.08. The summed E-state index contributed by atoms with van der Waals surface area (Å²) in [6, 6.07) is 68.7. The second-order valence-electron chi connectivity index (χ2n) is 15.8. The summed E-state index contributed by atoms with van der Waals surface area (Å²) in [6.07, 6.45) is 0. The number of benzene rings is 8. The zero-order valence-corrected chi connectivity index (χ0v) is 32.0. The lowest BCUT2D eigenvalue weighted by atomic mass is 9.78. The van der Waals surface area contributed by atoms with Crippen LogP contribution in [0.1, 0.15) is 25.0 Å². The number of anilines is 3. The smallest absolute Gasteiger partial charge is 0.144 e. The minimum absolute atomic E-state index is 0.381. The van der Waals surface area contributed by atoms with Gasteiger partial charge in [-0.25, -0.2) is 0 Å². The highest BCUT2D eigenvalue weighted by Crippen LogP contribution is 2.59. The molecule has 1 aliphatic rings. The number of furan rings is 2. The fourth-order valence-electron chi connectivity index (χ4n) is 9.89. The van der Waals surface area contributed by atoms with Gasteiger partial charge in [0, 0.05) is 49.3 Å². The Morgan fingerprint density at radius 2 is 1.14 bits per heavy atom. The Kier molecular flexibility index (Phi) is 6.89. The van der Waals surface area contributed by atoms with Crippen molar-refractivity contribution < 1.29 is 8.83 Å². The number of fused-ring (bicyclic) bond motifs is 13. The quantitative estimate of drug-likeness (QED) is 0.176. The van der Waals surface area contributed by atoms with E-state index in [0.29, 0.717) is 0 Å². The van der Waals surface area contributed by atoms with Gasteiger partial charge in [-0.2, -0.15) is 0 Å². The van der Waals surface area contributed by atoms with Crippen molar-refractivity contribution in [3.63, 3.8) is 0 Å². The first-order chi connectivity index (χ1) is 28.6. The van der Waals surface area contributed by atoms with Gasteiger partial charge in [0.1, 0.15) is 22.3 Å². The van der Waals surface area contributed by atoms with Gasteiger partial charge >= 0.3 is 0 Å². The molecule has 58 heavy (non-hydrogen) atoms. The second-order valence-corrected chi connectivity index (χ2v) is 15.8. The summed E-state index contributed by atoms with van der Waals surface area (Å²) in [5, 5.41) is 6.92. The Hall–Kier alpha value is -7.54. The van der Waals surface area contributed by atoms with Crippen LogP contribution >= 0.6 is 0 Å². The lowest BCUT2D eigenvalue weighted by Crippen LogP contribution is -2.21. The van der Waals surface area contributed by atoms with E-state index >= 15 is 0 Å². The van der Waals surface area contributed by atoms with Crippen LogP contribution in [0.3, 0.4) is 0 Å². The minimum Gasteiger partial charge on any atom is -0.455 e. The molecule has 9 aromatic carbocycles. The first kappa shape index (κ1) is 32.7. The average molecular weight is 742 g/mol. The first-order valence-electron chi connectivity index (χ1n) is 19.8. The molecule has 3 nitrogen and oxygen atoms in total. The first-order valence-corrected chi connectivity index (χ1v) is 19.8. The molecule has 11 aromatic rings. The van der Waals surface area contributed by atoms with Gasteiger partial charge in [0.15, 0.2) is 0 Å². The number of hydrogen-bond donors (Lipinski definition) is 0. The SMILES string of the molecule is CC1(C)c2c(cccc2N(c2ccccc2)c2ccccc2-c2cc#ccc2)-c2c1c1ccccc1c1c2oc2ccc(-c3cccc4c3oc3ccccc34)cc21. The molecular weight excluding hydrogens is 707 g/mol. The average Bonchev–Trinajstić information content (AvgIpc) is 3.93. The highest BCUT2D eigenvalue weighted by Gasteiger charge is 2.43. The fourth-order valence-corrected chi connectivity index (χ4v) is 9.89. The zero-order chi connectivity index (χ0) is 38.5. The van der Waals surface area contributed by atoms with Crippen molar-refractivity contribution in [1.82, 2.24) is 0 Å². The standard InChI is InChI=1S/C55H35NO2/c1-55(2)51-43(27-16-29-46(51)56(36-19-7-4-8-20-36)45-28-13-11-21-37(45)34-17-5-3-6-18-34)50-52(55)41-24-10-9-23-40(41)49-44-33-35(31-32-48(44)58-54(49)50)38-25-15-26-42-39-22-12-14-30-47(39)57-53(38)42/h4-5,7-33H,1-2H3. The monoisotopic (exact) mass is 741 g/mol. The van der Waals surface area contributed by atoms with Gasteiger partial charge in [0.2, 0.25) is 0 Å². The third-order valence-electron chi connectivity index (χ3n) is 12.3. The molecule has 2 heterocycles. The maximum Gasteiger partial charge on any atom is 0.144 e. The summed E-state index contributed by atoms with van der Waals surface area (Å²) in [4.78, 5) is 2.43. The Morgan fingerprint density at radius 3 is 2.00 bits per heavy atom. The molecule has 0 spiro atoms. The van der Waals surface area contributed by atoms with Crippen molar-refractivity contribution in [3.8, 4) is 33.4 Å². The van der Waals surface area contributed by atoms with E-state index in [2.05, 4.69) is 183 Å². The van der Waals surface area contributed by atoms with Crippen molar-refractivity contribution in [3.05, 3.63) is 199 Å². The predicted octanol–water partition coefficient (Wildman–Crippen LogP) is 15.3. The van der Waals surface area contributed by atoms with Crippen LogP contribution in [0.15, 0.2) is 185 Å². The van der Waals surface area contributed by atoms with Crippen LogP contribution in [0, 0.1) is 12.1 Å². The Morgan fingerprint density at radius 1 is 0.466 bits per heavy atom. The van der Waals surface area contributed by atoms with E-state index in [9.17, 15) is 0 Å². The van der Waals surface area contributed by atoms with E-state index in [0.717, 1.165) is 83.2 Å². The van der Waals surface area contributed by atoms with Crippen LogP contribution < -0.4 is 4.90 Å². The van der Waals surface area contributed by atoms with Crippen LogP contribution in [0.4, 0.5) is 17.1 Å². The Bertz CT molecular complexity index is 3430. The van der Waals surface area contributed by atoms with Gasteiger partial charge < -0.3 is 13.7 Å². The fraction of sp³-hybridized carbons (Fsp3) is 0.0545. The number of rotatable bonds is 5. The molecule has 0 fully saturated rings. The van der Waals surface area contributed by atoms with E-state index in [1.807, 2.05) is 24.3 Å². The zero-order valence-electron chi connectivity index (χ0n) is 32.0. The molecule has 0 atom stereocenters. The molecule has 0 bridgehead atoms. The largest absolute Gasteiger partial charge is 0.455 e. The lowest BCUT2D eigenvalue weighted by molar-refractivity contribution is 0.658. The van der Waals surface area contributed by atoms with Crippen LogP contribution in [0.5, 0.6) is 0 Å². The molecule has 12 rings (SSSR count). The van der Waals surface area contributed by atoms with Gasteiger partial charge in [-0.15, -0.1) is 0 Å². The molecule has 0 saturated carbocycles. The van der Waals surface area contributed by atoms with Crippen LogP contribution in [0.2, 0.25) is 0 Å². The summed E-state index contributed by atoms with van der Waals surface area (Å²) in [5.74, 6) is 0. The Balaban J connectivity index is 1.13. The lowest BCUT2D eigenvalue weighted by Gasteiger charge is -2.33. The molecule has 0 aliphatic heterocycles. The van der Waals surface area contributed by atoms with E-state index in [4.69, 9.17) is 8.83 Å².